The molecule has 0 unspecified atom stereocenters. The zero-order chi connectivity index (χ0) is 10.8. The fraction of sp³-hybridized carbons (Fsp3) is 0. The number of halogens is 1. The Morgan fingerprint density at radius 2 is 2.07 bits per heavy atom. The normalized spacial score (nSPS) is 10.2. The molecule has 2 aromatic rings. The minimum absolute atomic E-state index is 0.201. The molecule has 1 aromatic carbocycles. The standard InChI is InChI=1S/C11H7FO3/c12-9-4-2-1-3-8(9)7-5-10(11(13)14)15-6-7/h1-6H,(H,13,14). The van der Waals surface area contributed by atoms with Gasteiger partial charge in [0.15, 0.2) is 0 Å². The van der Waals surface area contributed by atoms with Gasteiger partial charge >= 0.3 is 5.97 Å². The van der Waals surface area contributed by atoms with Gasteiger partial charge in [0.05, 0.1) is 6.26 Å². The highest BCUT2D eigenvalue weighted by Gasteiger charge is 2.12. The second-order valence-electron chi connectivity index (χ2n) is 2.98. The molecule has 0 fully saturated rings. The third-order valence-electron chi connectivity index (χ3n) is 2.00. The second-order valence-corrected chi connectivity index (χ2v) is 2.98. The van der Waals surface area contributed by atoms with Crippen molar-refractivity contribution < 1.29 is 18.7 Å². The Hall–Kier alpha value is -2.10. The number of hydrogen-bond donors (Lipinski definition) is 1. The predicted molar refractivity (Wildman–Crippen MR) is 51.1 cm³/mol. The van der Waals surface area contributed by atoms with Gasteiger partial charge in [0.1, 0.15) is 5.82 Å². The topological polar surface area (TPSA) is 50.4 Å². The number of rotatable bonds is 2. The van der Waals surface area contributed by atoms with E-state index in [1.807, 2.05) is 0 Å². The molecule has 4 heteroatoms. The van der Waals surface area contributed by atoms with E-state index in [9.17, 15) is 9.18 Å². The molecule has 0 aliphatic heterocycles. The Kier molecular flexibility index (Phi) is 2.25. The van der Waals surface area contributed by atoms with Crippen molar-refractivity contribution in [2.75, 3.05) is 0 Å². The second kappa shape index (κ2) is 3.57. The van der Waals surface area contributed by atoms with Crippen LogP contribution in [-0.2, 0) is 0 Å². The summed E-state index contributed by atoms with van der Waals surface area (Å²) in [6.07, 6.45) is 1.22. The summed E-state index contributed by atoms with van der Waals surface area (Å²) >= 11 is 0. The van der Waals surface area contributed by atoms with Crippen LogP contribution in [0.4, 0.5) is 4.39 Å². The van der Waals surface area contributed by atoms with Crippen LogP contribution in [0.1, 0.15) is 10.6 Å². The molecular weight excluding hydrogens is 199 g/mol. The molecule has 76 valence electrons. The summed E-state index contributed by atoms with van der Waals surface area (Å²) in [5.41, 5.74) is 0.749. The summed E-state index contributed by atoms with van der Waals surface area (Å²) in [5, 5.41) is 8.63. The van der Waals surface area contributed by atoms with E-state index < -0.39 is 11.8 Å². The average molecular weight is 206 g/mol. The summed E-state index contributed by atoms with van der Waals surface area (Å²) in [6.45, 7) is 0. The first-order valence-electron chi connectivity index (χ1n) is 4.25. The van der Waals surface area contributed by atoms with Crippen molar-refractivity contribution in [1.82, 2.24) is 0 Å². The Labute approximate surface area is 84.8 Å². The van der Waals surface area contributed by atoms with Gasteiger partial charge in [-0.1, -0.05) is 18.2 Å². The van der Waals surface area contributed by atoms with Crippen LogP contribution in [-0.4, -0.2) is 11.1 Å². The van der Waals surface area contributed by atoms with Crippen molar-refractivity contribution >= 4 is 5.97 Å². The van der Waals surface area contributed by atoms with E-state index in [4.69, 9.17) is 9.52 Å². The maximum atomic E-state index is 13.3. The number of carboxylic acid groups (broad SMARTS) is 1. The van der Waals surface area contributed by atoms with Crippen LogP contribution in [0, 0.1) is 5.82 Å². The van der Waals surface area contributed by atoms with Crippen LogP contribution in [0.2, 0.25) is 0 Å². The van der Waals surface area contributed by atoms with Gasteiger partial charge in [-0.3, -0.25) is 0 Å². The van der Waals surface area contributed by atoms with Crippen LogP contribution < -0.4 is 0 Å². The van der Waals surface area contributed by atoms with Crippen LogP contribution in [0.25, 0.3) is 11.1 Å². The molecule has 0 radical (unpaired) electrons. The lowest BCUT2D eigenvalue weighted by molar-refractivity contribution is 0.0662. The van der Waals surface area contributed by atoms with Gasteiger partial charge in [0.2, 0.25) is 5.76 Å². The Bertz CT molecular complexity index is 502. The monoisotopic (exact) mass is 206 g/mol. The van der Waals surface area contributed by atoms with E-state index in [2.05, 4.69) is 0 Å². The summed E-state index contributed by atoms with van der Waals surface area (Å²) in [6, 6.07) is 7.40. The van der Waals surface area contributed by atoms with E-state index in [-0.39, 0.29) is 5.76 Å². The molecule has 0 spiro atoms. The van der Waals surface area contributed by atoms with Crippen molar-refractivity contribution in [3.05, 3.63) is 48.2 Å². The number of carboxylic acids is 1. The predicted octanol–water partition coefficient (Wildman–Crippen LogP) is 2.78. The molecule has 0 atom stereocenters. The highest BCUT2D eigenvalue weighted by atomic mass is 19.1. The van der Waals surface area contributed by atoms with E-state index in [0.29, 0.717) is 11.1 Å². The Morgan fingerprint density at radius 3 is 2.67 bits per heavy atom. The largest absolute Gasteiger partial charge is 0.475 e. The van der Waals surface area contributed by atoms with Gasteiger partial charge in [-0.05, 0) is 12.1 Å². The molecular formula is C11H7FO3. The van der Waals surface area contributed by atoms with Gasteiger partial charge in [-0.25, -0.2) is 9.18 Å². The Balaban J connectivity index is 2.46. The quantitative estimate of drug-likeness (QED) is 0.821. The lowest BCUT2D eigenvalue weighted by Crippen LogP contribution is -1.91. The minimum atomic E-state index is -1.17. The van der Waals surface area contributed by atoms with E-state index in [1.54, 1.807) is 18.2 Å². The summed E-state index contributed by atoms with van der Waals surface area (Å²) in [4.78, 5) is 10.5. The molecule has 1 N–H and O–H groups in total. The molecule has 0 saturated heterocycles. The minimum Gasteiger partial charge on any atom is -0.475 e. The van der Waals surface area contributed by atoms with E-state index in [1.165, 1.54) is 18.4 Å². The molecule has 3 nitrogen and oxygen atoms in total. The number of furan rings is 1. The van der Waals surface area contributed by atoms with Gasteiger partial charge < -0.3 is 9.52 Å². The molecule has 0 aliphatic carbocycles. The average Bonchev–Trinajstić information content (AvgIpc) is 2.67. The van der Waals surface area contributed by atoms with Crippen molar-refractivity contribution in [2.45, 2.75) is 0 Å². The number of hydrogen-bond acceptors (Lipinski definition) is 2. The molecule has 1 aromatic heterocycles. The number of benzene rings is 1. The third kappa shape index (κ3) is 1.74. The first kappa shape index (κ1) is 9.45. The molecule has 1 heterocycles. The van der Waals surface area contributed by atoms with Crippen molar-refractivity contribution in [1.29, 1.82) is 0 Å². The van der Waals surface area contributed by atoms with Crippen LogP contribution in [0.3, 0.4) is 0 Å². The van der Waals surface area contributed by atoms with Gasteiger partial charge in [-0.15, -0.1) is 0 Å². The molecule has 0 aliphatic rings. The lowest BCUT2D eigenvalue weighted by Gasteiger charge is -1.96. The smallest absolute Gasteiger partial charge is 0.371 e. The molecule has 2 rings (SSSR count). The molecule has 0 amide bonds. The van der Waals surface area contributed by atoms with Crippen molar-refractivity contribution in [2.24, 2.45) is 0 Å². The summed E-state index contributed by atoms with van der Waals surface area (Å²) in [5.74, 6) is -1.78. The highest BCUT2D eigenvalue weighted by molar-refractivity contribution is 5.86. The maximum absolute atomic E-state index is 13.3. The lowest BCUT2D eigenvalue weighted by atomic mass is 10.1. The molecule has 0 saturated carbocycles. The SMILES string of the molecule is O=C(O)c1cc(-c2ccccc2F)co1. The van der Waals surface area contributed by atoms with E-state index in [0.717, 1.165) is 0 Å². The van der Waals surface area contributed by atoms with Crippen LogP contribution in [0.5, 0.6) is 0 Å². The van der Waals surface area contributed by atoms with Crippen LogP contribution >= 0.6 is 0 Å². The first-order valence-corrected chi connectivity index (χ1v) is 4.25. The first-order chi connectivity index (χ1) is 7.18. The Morgan fingerprint density at radius 1 is 1.33 bits per heavy atom. The maximum Gasteiger partial charge on any atom is 0.371 e. The summed E-state index contributed by atoms with van der Waals surface area (Å²) < 4.78 is 18.1. The van der Waals surface area contributed by atoms with Gasteiger partial charge in [-0.2, -0.15) is 0 Å². The van der Waals surface area contributed by atoms with Gasteiger partial charge in [0, 0.05) is 11.1 Å². The molecule has 0 bridgehead atoms. The van der Waals surface area contributed by atoms with Crippen LogP contribution in [0.15, 0.2) is 41.0 Å². The number of aromatic carboxylic acids is 1. The van der Waals surface area contributed by atoms with Crippen molar-refractivity contribution in [3.8, 4) is 11.1 Å². The third-order valence-corrected chi connectivity index (χ3v) is 2.00. The zero-order valence-electron chi connectivity index (χ0n) is 7.61. The fourth-order valence-corrected chi connectivity index (χ4v) is 1.28. The molecule has 15 heavy (non-hydrogen) atoms. The fourth-order valence-electron chi connectivity index (χ4n) is 1.28. The number of carbonyl (C=O) groups is 1. The summed E-state index contributed by atoms with van der Waals surface area (Å²) in [7, 11) is 0. The zero-order valence-corrected chi connectivity index (χ0v) is 7.61. The van der Waals surface area contributed by atoms with Gasteiger partial charge in [0.25, 0.3) is 0 Å². The van der Waals surface area contributed by atoms with E-state index >= 15 is 0 Å². The highest BCUT2D eigenvalue weighted by Crippen LogP contribution is 2.24. The van der Waals surface area contributed by atoms with Crippen molar-refractivity contribution in [3.63, 3.8) is 0 Å².